The molecule has 1 saturated carbocycles. The molecule has 18 heavy (non-hydrogen) atoms. The molecule has 0 aromatic carbocycles. The second-order valence-corrected chi connectivity index (χ2v) is 6.50. The van der Waals surface area contributed by atoms with Crippen molar-refractivity contribution in [1.82, 2.24) is 5.32 Å². The molecule has 108 valence electrons. The Morgan fingerprint density at radius 3 is 2.56 bits per heavy atom. The monoisotopic (exact) mass is 255 g/mol. The molecule has 0 aromatic rings. The Kier molecular flexibility index (Phi) is 6.65. The number of hydrogen-bond acceptors (Lipinski definition) is 2. The van der Waals surface area contributed by atoms with Crippen LogP contribution in [0.3, 0.4) is 0 Å². The van der Waals surface area contributed by atoms with E-state index in [0.29, 0.717) is 6.04 Å². The van der Waals surface area contributed by atoms with Crippen molar-refractivity contribution < 1.29 is 4.74 Å². The molecule has 1 N–H and O–H groups in total. The standard InChI is InChI=1S/C16H33NO/c1-6-11-17-15(16(4,5)18-7-2)14-10-8-9-13(3)12-14/h13-15,17H,6-12H2,1-5H3. The minimum atomic E-state index is -0.0500. The lowest BCUT2D eigenvalue weighted by Crippen LogP contribution is -2.54. The van der Waals surface area contributed by atoms with Gasteiger partial charge in [0.05, 0.1) is 5.60 Å². The molecule has 1 aliphatic carbocycles. The molecule has 3 unspecified atom stereocenters. The molecule has 0 aromatic heterocycles. The first-order chi connectivity index (χ1) is 8.51. The van der Waals surface area contributed by atoms with Gasteiger partial charge in [-0.15, -0.1) is 0 Å². The fraction of sp³-hybridized carbons (Fsp3) is 1.00. The van der Waals surface area contributed by atoms with Crippen molar-refractivity contribution in [3.8, 4) is 0 Å². The van der Waals surface area contributed by atoms with Crippen molar-refractivity contribution in [3.63, 3.8) is 0 Å². The highest BCUT2D eigenvalue weighted by atomic mass is 16.5. The molecule has 0 saturated heterocycles. The van der Waals surface area contributed by atoms with E-state index in [1.807, 2.05) is 0 Å². The quantitative estimate of drug-likeness (QED) is 0.742. The molecule has 1 fully saturated rings. The normalized spacial score (nSPS) is 27.2. The summed E-state index contributed by atoms with van der Waals surface area (Å²) < 4.78 is 6.01. The van der Waals surface area contributed by atoms with Gasteiger partial charge in [-0.05, 0) is 58.4 Å². The second-order valence-electron chi connectivity index (χ2n) is 6.50. The fourth-order valence-electron chi connectivity index (χ4n) is 3.53. The first-order valence-electron chi connectivity index (χ1n) is 7.88. The Hall–Kier alpha value is -0.0800. The van der Waals surface area contributed by atoms with Gasteiger partial charge in [0.1, 0.15) is 0 Å². The lowest BCUT2D eigenvalue weighted by atomic mass is 9.74. The van der Waals surface area contributed by atoms with Crippen LogP contribution in [0.5, 0.6) is 0 Å². The summed E-state index contributed by atoms with van der Waals surface area (Å²) in [6.07, 6.45) is 6.71. The van der Waals surface area contributed by atoms with Gasteiger partial charge in [0, 0.05) is 12.6 Å². The van der Waals surface area contributed by atoms with Gasteiger partial charge in [-0.1, -0.05) is 26.7 Å². The van der Waals surface area contributed by atoms with Crippen LogP contribution >= 0.6 is 0 Å². The first-order valence-corrected chi connectivity index (χ1v) is 7.88. The van der Waals surface area contributed by atoms with E-state index in [4.69, 9.17) is 4.74 Å². The zero-order valence-corrected chi connectivity index (χ0v) is 13.1. The largest absolute Gasteiger partial charge is 0.374 e. The number of hydrogen-bond donors (Lipinski definition) is 1. The van der Waals surface area contributed by atoms with E-state index in [1.165, 1.54) is 32.1 Å². The predicted molar refractivity (Wildman–Crippen MR) is 78.9 cm³/mol. The minimum Gasteiger partial charge on any atom is -0.374 e. The molecule has 0 amide bonds. The third kappa shape index (κ3) is 4.55. The van der Waals surface area contributed by atoms with Crippen molar-refractivity contribution >= 4 is 0 Å². The summed E-state index contributed by atoms with van der Waals surface area (Å²) in [6.45, 7) is 13.2. The zero-order valence-electron chi connectivity index (χ0n) is 13.1. The smallest absolute Gasteiger partial charge is 0.0781 e. The minimum absolute atomic E-state index is 0.0500. The van der Waals surface area contributed by atoms with Crippen LogP contribution in [0.2, 0.25) is 0 Å². The zero-order chi connectivity index (χ0) is 13.6. The van der Waals surface area contributed by atoms with Gasteiger partial charge in [-0.2, -0.15) is 0 Å². The van der Waals surface area contributed by atoms with Crippen molar-refractivity contribution in [2.75, 3.05) is 13.2 Å². The van der Waals surface area contributed by atoms with Crippen LogP contribution in [0, 0.1) is 11.8 Å². The van der Waals surface area contributed by atoms with E-state index < -0.39 is 0 Å². The molecule has 2 nitrogen and oxygen atoms in total. The maximum Gasteiger partial charge on any atom is 0.0781 e. The van der Waals surface area contributed by atoms with Gasteiger partial charge >= 0.3 is 0 Å². The van der Waals surface area contributed by atoms with Crippen molar-refractivity contribution in [1.29, 1.82) is 0 Å². The molecule has 2 heteroatoms. The van der Waals surface area contributed by atoms with E-state index >= 15 is 0 Å². The van der Waals surface area contributed by atoms with Gasteiger partial charge in [-0.25, -0.2) is 0 Å². The summed E-state index contributed by atoms with van der Waals surface area (Å²) >= 11 is 0. The SMILES string of the molecule is CCCNC(C1CCCC(C)C1)C(C)(C)OCC. The summed E-state index contributed by atoms with van der Waals surface area (Å²) in [5, 5.41) is 3.76. The highest BCUT2D eigenvalue weighted by molar-refractivity contribution is 4.93. The van der Waals surface area contributed by atoms with E-state index in [9.17, 15) is 0 Å². The number of ether oxygens (including phenoxy) is 1. The van der Waals surface area contributed by atoms with E-state index in [0.717, 1.165) is 25.0 Å². The molecular weight excluding hydrogens is 222 g/mol. The Labute approximate surface area is 114 Å². The summed E-state index contributed by atoms with van der Waals surface area (Å²) in [4.78, 5) is 0. The van der Waals surface area contributed by atoms with Crippen LogP contribution in [0.1, 0.15) is 66.7 Å². The number of nitrogens with one attached hydrogen (secondary N) is 1. The van der Waals surface area contributed by atoms with Gasteiger partial charge in [-0.3, -0.25) is 0 Å². The van der Waals surface area contributed by atoms with Crippen LogP contribution in [-0.4, -0.2) is 24.8 Å². The molecule has 0 aliphatic heterocycles. The van der Waals surface area contributed by atoms with Gasteiger partial charge < -0.3 is 10.1 Å². The molecule has 1 aliphatic rings. The van der Waals surface area contributed by atoms with Crippen molar-refractivity contribution in [2.45, 2.75) is 78.4 Å². The summed E-state index contributed by atoms with van der Waals surface area (Å²) in [6, 6.07) is 0.500. The van der Waals surface area contributed by atoms with Crippen LogP contribution < -0.4 is 5.32 Å². The van der Waals surface area contributed by atoms with Gasteiger partial charge in [0.2, 0.25) is 0 Å². The van der Waals surface area contributed by atoms with Crippen molar-refractivity contribution in [2.24, 2.45) is 11.8 Å². The highest BCUT2D eigenvalue weighted by Crippen LogP contribution is 2.35. The fourth-order valence-corrected chi connectivity index (χ4v) is 3.53. The molecule has 0 bridgehead atoms. The average molecular weight is 255 g/mol. The summed E-state index contributed by atoms with van der Waals surface area (Å²) in [7, 11) is 0. The molecular formula is C16H33NO. The van der Waals surface area contributed by atoms with Gasteiger partial charge in [0.15, 0.2) is 0 Å². The maximum atomic E-state index is 6.01. The predicted octanol–water partition coefficient (Wildman–Crippen LogP) is 4.00. The van der Waals surface area contributed by atoms with E-state index in [1.54, 1.807) is 0 Å². The second kappa shape index (κ2) is 7.49. The first kappa shape index (κ1) is 16.0. The Morgan fingerprint density at radius 2 is 2.00 bits per heavy atom. The number of rotatable bonds is 7. The van der Waals surface area contributed by atoms with Crippen LogP contribution in [0.4, 0.5) is 0 Å². The van der Waals surface area contributed by atoms with Gasteiger partial charge in [0.25, 0.3) is 0 Å². The topological polar surface area (TPSA) is 21.3 Å². The third-order valence-corrected chi connectivity index (χ3v) is 4.33. The molecule has 0 spiro atoms. The van der Waals surface area contributed by atoms with E-state index in [-0.39, 0.29) is 5.60 Å². The third-order valence-electron chi connectivity index (χ3n) is 4.33. The summed E-state index contributed by atoms with van der Waals surface area (Å²) in [5.74, 6) is 1.66. The lowest BCUT2D eigenvalue weighted by Gasteiger charge is -2.42. The van der Waals surface area contributed by atoms with Crippen molar-refractivity contribution in [3.05, 3.63) is 0 Å². The Bertz CT molecular complexity index is 227. The van der Waals surface area contributed by atoms with Crippen LogP contribution in [0.15, 0.2) is 0 Å². The molecule has 1 rings (SSSR count). The highest BCUT2D eigenvalue weighted by Gasteiger charge is 2.37. The summed E-state index contributed by atoms with van der Waals surface area (Å²) in [5.41, 5.74) is -0.0500. The molecule has 0 radical (unpaired) electrons. The molecule has 0 heterocycles. The van der Waals surface area contributed by atoms with E-state index in [2.05, 4.69) is 39.9 Å². The maximum absolute atomic E-state index is 6.01. The Balaban J connectivity index is 2.69. The molecule has 3 atom stereocenters. The van der Waals surface area contributed by atoms with Crippen LogP contribution in [-0.2, 0) is 4.74 Å². The Morgan fingerprint density at radius 1 is 1.28 bits per heavy atom. The average Bonchev–Trinajstić information content (AvgIpc) is 2.29. The van der Waals surface area contributed by atoms with Crippen LogP contribution in [0.25, 0.3) is 0 Å². The lowest BCUT2D eigenvalue weighted by molar-refractivity contribution is -0.0591.